The van der Waals surface area contributed by atoms with E-state index in [2.05, 4.69) is 227 Å². The van der Waals surface area contributed by atoms with Crippen molar-refractivity contribution in [3.63, 3.8) is 0 Å². The van der Waals surface area contributed by atoms with Gasteiger partial charge in [0.1, 0.15) is 25.4 Å². The van der Waals surface area contributed by atoms with Gasteiger partial charge >= 0.3 is 33.6 Å². The molecule has 0 fully saturated rings. The van der Waals surface area contributed by atoms with Crippen LogP contribution in [0.2, 0.25) is 0 Å². The first-order valence-electron chi connectivity index (χ1n) is 50.4. The van der Waals surface area contributed by atoms with Crippen molar-refractivity contribution in [3.05, 3.63) is 207 Å². The molecule has 0 amide bonds. The summed E-state index contributed by atoms with van der Waals surface area (Å²) in [4.78, 5) is 59.1. The van der Waals surface area contributed by atoms with Gasteiger partial charge in [-0.1, -0.05) is 426 Å². The monoisotopic (exact) mass is 1810 g/mol. The molecule has 0 rings (SSSR count). The van der Waals surface area contributed by atoms with Crippen LogP contribution < -0.4 is 0 Å². The second kappa shape index (κ2) is 99.1. The molecule has 5 unspecified atom stereocenters. The van der Waals surface area contributed by atoms with Crippen molar-refractivity contribution in [2.75, 3.05) is 39.6 Å². The van der Waals surface area contributed by atoms with Gasteiger partial charge in [0.25, 0.3) is 0 Å². The highest BCUT2D eigenvalue weighted by Crippen LogP contribution is 2.45. The van der Waals surface area contributed by atoms with Crippen molar-refractivity contribution in [1.29, 1.82) is 0 Å². The molecule has 724 valence electrons. The van der Waals surface area contributed by atoms with Crippen molar-refractivity contribution in [1.82, 2.24) is 0 Å². The van der Waals surface area contributed by atoms with Crippen molar-refractivity contribution in [3.8, 4) is 0 Å². The lowest BCUT2D eigenvalue weighted by molar-refractivity contribution is -0.161. The Morgan fingerprint density at radius 2 is 0.394 bits per heavy atom. The fourth-order valence-corrected chi connectivity index (χ4v) is 15.1. The van der Waals surface area contributed by atoms with Gasteiger partial charge in [-0.2, -0.15) is 0 Å². The van der Waals surface area contributed by atoms with Crippen LogP contribution in [-0.4, -0.2) is 95.9 Å². The van der Waals surface area contributed by atoms with Crippen molar-refractivity contribution >= 4 is 33.6 Å². The molecule has 18 heteroatoms. The van der Waals surface area contributed by atoms with E-state index in [0.29, 0.717) is 19.3 Å². The van der Waals surface area contributed by atoms with Gasteiger partial charge in [0.2, 0.25) is 0 Å². The summed E-state index contributed by atoms with van der Waals surface area (Å²) < 4.78 is 61.6. The fraction of sp³-hybridized carbons (Fsp3) is 0.661. The summed E-state index contributed by atoms with van der Waals surface area (Å²) in [6, 6.07) is 0. The molecule has 4 N–H and O–H groups in total. The minimum atomic E-state index is -4.95. The summed E-state index contributed by atoms with van der Waals surface area (Å²) in [5.74, 6) is -1.59. The number of aliphatic hydroxyl groups is 2. The number of ether oxygens (including phenoxy) is 3. The highest BCUT2D eigenvalue weighted by molar-refractivity contribution is 7.47. The molecular weight excluding hydrogens is 1630 g/mol. The summed E-state index contributed by atoms with van der Waals surface area (Å²) in [5, 5.41) is 20.8. The number of hydrogen-bond acceptors (Lipinski definition) is 14. The zero-order valence-electron chi connectivity index (χ0n) is 80.1. The Labute approximate surface area is 775 Å². The van der Waals surface area contributed by atoms with Crippen LogP contribution in [0.1, 0.15) is 406 Å². The van der Waals surface area contributed by atoms with Crippen molar-refractivity contribution in [2.24, 2.45) is 0 Å². The van der Waals surface area contributed by atoms with E-state index >= 15 is 0 Å². The molecule has 0 aromatic heterocycles. The molecule has 0 saturated carbocycles. The van der Waals surface area contributed by atoms with Gasteiger partial charge in [0.15, 0.2) is 6.10 Å². The molecule has 5 atom stereocenters. The maximum absolute atomic E-state index is 13.1. The summed E-state index contributed by atoms with van der Waals surface area (Å²) in [6.45, 7) is 2.36. The fourth-order valence-electron chi connectivity index (χ4n) is 13.5. The Balaban J connectivity index is 4.55. The molecule has 0 spiro atoms. The molecule has 127 heavy (non-hydrogen) atoms. The molecule has 0 aliphatic carbocycles. The predicted octanol–water partition coefficient (Wildman–Crippen LogP) is 31.9. The first kappa shape index (κ1) is 121. The number of esters is 3. The molecule has 0 bridgehead atoms. The van der Waals surface area contributed by atoms with Crippen LogP contribution in [-0.2, 0) is 55.8 Å². The van der Waals surface area contributed by atoms with Crippen LogP contribution >= 0.6 is 15.6 Å². The topological polar surface area (TPSA) is 231 Å². The van der Waals surface area contributed by atoms with E-state index in [9.17, 15) is 43.5 Å². The number of unbranched alkanes of at least 4 members (excludes halogenated alkanes) is 37. The largest absolute Gasteiger partial charge is 0.472 e. The first-order chi connectivity index (χ1) is 62.2. The van der Waals surface area contributed by atoms with Crippen LogP contribution in [0, 0.1) is 0 Å². The van der Waals surface area contributed by atoms with E-state index < -0.39 is 91.5 Å². The Bertz CT molecular complexity index is 3140. The van der Waals surface area contributed by atoms with Crippen LogP contribution in [0.15, 0.2) is 207 Å². The number of carbonyl (C=O) groups excluding carboxylic acids is 3. The van der Waals surface area contributed by atoms with Crippen LogP contribution in [0.4, 0.5) is 0 Å². The second-order valence-electron chi connectivity index (χ2n) is 33.1. The molecule has 0 aliphatic heterocycles. The Hall–Kier alpha value is -5.87. The summed E-state index contributed by atoms with van der Waals surface area (Å²) in [7, 11) is -9.83. The van der Waals surface area contributed by atoms with E-state index in [1.165, 1.54) is 161 Å². The van der Waals surface area contributed by atoms with Gasteiger partial charge in [-0.3, -0.25) is 32.5 Å². The van der Waals surface area contributed by atoms with Gasteiger partial charge in [0, 0.05) is 19.3 Å². The van der Waals surface area contributed by atoms with Crippen LogP contribution in [0.25, 0.3) is 0 Å². The van der Waals surface area contributed by atoms with E-state index in [1.54, 1.807) is 0 Å². The highest BCUT2D eigenvalue weighted by atomic mass is 31.2. The standard InChI is InChI=1S/C109H182O16P2/c1-4-7-10-13-16-19-22-25-28-31-34-37-39-41-43-45-47-49-51-53-55-57-59-61-63-66-68-71-74-77-80-83-86-89-92-95-107(112)119-98-104(110)99-121-126(115,116)122-100-105(111)101-123-127(117,118)124-103-106(125-109(114)97-94-91-88-85-82-79-76-73-70-65-36-33-30-27-24-21-18-15-12-9-6-3)102-120-108(113)96-93-90-87-84-81-78-75-72-69-67-64-62-60-58-56-54-52-50-48-46-44-42-40-38-35-32-29-26-23-20-17-14-11-8-5-2/h7-12,16-21,25-30,34-38,41-44,47-50,65,73,76,104-106,110-111H,4-6,13-15,22-24,31-33,39-40,45-46,51-64,66-72,74-75,77-103H2,1-3H3,(H,115,116)(H,117,118)/b10-7-,11-8-,12-9-,19-16-,20-17-,21-18-,28-25-,29-26-,30-27-,37-34-,38-35-,43-41-,44-42-,49-47-,50-48-,65-36-,76-73-. The molecule has 0 aromatic carbocycles. The smallest absolute Gasteiger partial charge is 0.463 e. The van der Waals surface area contributed by atoms with Crippen LogP contribution in [0.3, 0.4) is 0 Å². The number of phosphoric acid groups is 2. The Kier molecular flexibility index (Phi) is 94.6. The van der Waals surface area contributed by atoms with E-state index in [1.807, 2.05) is 0 Å². The van der Waals surface area contributed by atoms with Gasteiger partial charge < -0.3 is 34.2 Å². The second-order valence-corrected chi connectivity index (χ2v) is 36.0. The lowest BCUT2D eigenvalue weighted by atomic mass is 10.0. The van der Waals surface area contributed by atoms with Crippen LogP contribution in [0.5, 0.6) is 0 Å². The van der Waals surface area contributed by atoms with E-state index in [0.717, 1.165) is 186 Å². The normalized spacial score (nSPS) is 14.5. The quantitative estimate of drug-likeness (QED) is 0.0146. The predicted molar refractivity (Wildman–Crippen MR) is 537 cm³/mol. The molecule has 0 saturated heterocycles. The van der Waals surface area contributed by atoms with Gasteiger partial charge in [-0.15, -0.1) is 0 Å². The van der Waals surface area contributed by atoms with E-state index in [-0.39, 0.29) is 19.3 Å². The minimum Gasteiger partial charge on any atom is -0.463 e. The number of aliphatic hydroxyl groups excluding tert-OH is 2. The van der Waals surface area contributed by atoms with Crippen molar-refractivity contribution < 1.29 is 75.8 Å². The van der Waals surface area contributed by atoms with Gasteiger partial charge in [0.05, 0.1) is 26.4 Å². The van der Waals surface area contributed by atoms with Gasteiger partial charge in [-0.05, 0) is 167 Å². The third-order valence-corrected chi connectivity index (χ3v) is 22.9. The van der Waals surface area contributed by atoms with E-state index in [4.69, 9.17) is 32.3 Å². The number of allylic oxidation sites excluding steroid dienone is 34. The maximum Gasteiger partial charge on any atom is 0.472 e. The molecule has 0 aromatic rings. The molecular formula is C109H182O16P2. The Morgan fingerprint density at radius 1 is 0.220 bits per heavy atom. The zero-order chi connectivity index (χ0) is 92.1. The molecule has 0 aliphatic rings. The summed E-state index contributed by atoms with van der Waals surface area (Å²) in [5.41, 5.74) is 0. The third-order valence-electron chi connectivity index (χ3n) is 21.0. The Morgan fingerprint density at radius 3 is 0.622 bits per heavy atom. The zero-order valence-corrected chi connectivity index (χ0v) is 81.9. The number of carbonyl (C=O) groups is 3. The SMILES string of the molecule is CC/C=C\C/C=C\C/C=C\C/C=C\C/C=C\C/C=C\CCCCCCCCCCCCCCCCCCC(=O)OCC(O)COP(=O)(O)OCC(O)COP(=O)(O)OCC(COC(=O)CCCCCCCCCCCCCCCCCC/C=C\C/C=C\C/C=C\C/C=C\C/C=C\C/C=C\CC)OC(=O)CCCCCCC/C=C\C/C=C\C/C=C\C/C=C\C/C=C\CC. The summed E-state index contributed by atoms with van der Waals surface area (Å²) in [6.07, 6.45) is 135. The maximum atomic E-state index is 13.1. The van der Waals surface area contributed by atoms with Gasteiger partial charge in [-0.25, -0.2) is 9.13 Å². The summed E-state index contributed by atoms with van der Waals surface area (Å²) >= 11 is 0. The molecule has 0 radical (unpaired) electrons. The lowest BCUT2D eigenvalue weighted by Gasteiger charge is -2.21. The molecule has 0 heterocycles. The first-order valence-corrected chi connectivity index (χ1v) is 53.4. The molecule has 16 nitrogen and oxygen atoms in total. The highest BCUT2D eigenvalue weighted by Gasteiger charge is 2.30. The minimum absolute atomic E-state index is 0.0779. The average Bonchev–Trinajstić information content (AvgIpc) is 0.893. The average molecular weight is 1810 g/mol. The number of hydrogen-bond donors (Lipinski definition) is 4. The van der Waals surface area contributed by atoms with Crippen molar-refractivity contribution in [2.45, 2.75) is 424 Å². The lowest BCUT2D eigenvalue weighted by Crippen LogP contribution is -2.30. The number of phosphoric ester groups is 2. The third kappa shape index (κ3) is 101. The number of rotatable bonds is 94.